The number of aliphatic hydroxyl groups excluding tert-OH is 1. The predicted octanol–water partition coefficient (Wildman–Crippen LogP) is 2.22. The van der Waals surface area contributed by atoms with Gasteiger partial charge in [0.2, 0.25) is 0 Å². The highest BCUT2D eigenvalue weighted by Gasteiger charge is 2.14. The smallest absolute Gasteiger partial charge is 0.0697 e. The van der Waals surface area contributed by atoms with Crippen LogP contribution in [0.25, 0.3) is 0 Å². The van der Waals surface area contributed by atoms with Crippen LogP contribution in [0.15, 0.2) is 12.2 Å². The van der Waals surface area contributed by atoms with Gasteiger partial charge in [-0.1, -0.05) is 32.3 Å². The van der Waals surface area contributed by atoms with Gasteiger partial charge in [0.05, 0.1) is 6.10 Å². The van der Waals surface area contributed by atoms with E-state index < -0.39 is 0 Å². The van der Waals surface area contributed by atoms with Crippen molar-refractivity contribution in [3.05, 3.63) is 12.2 Å². The second-order valence-electron chi connectivity index (χ2n) is 3.57. The van der Waals surface area contributed by atoms with Crippen LogP contribution in [0, 0.1) is 23.7 Å². The van der Waals surface area contributed by atoms with Crippen molar-refractivity contribution >= 4 is 0 Å². The lowest BCUT2D eigenvalue weighted by molar-refractivity contribution is 0.0946. The molecule has 0 spiro atoms. The van der Waals surface area contributed by atoms with E-state index >= 15 is 0 Å². The summed E-state index contributed by atoms with van der Waals surface area (Å²) in [6.45, 7) is 11.4. The van der Waals surface area contributed by atoms with Gasteiger partial charge >= 0.3 is 0 Å². The maximum absolute atomic E-state index is 9.58. The summed E-state index contributed by atoms with van der Waals surface area (Å²) in [5.41, 5.74) is 0.845. The fraction of sp³-hybridized carbons (Fsp3) is 0.636. The first kappa shape index (κ1) is 11.3. The Balaban J connectivity index is 4.14. The number of allylic oxidation sites excluding steroid dienone is 1. The second kappa shape index (κ2) is 5.00. The Morgan fingerprint density at radius 3 is 2.17 bits per heavy atom. The number of rotatable bonds is 2. The minimum absolute atomic E-state index is 0.0294. The van der Waals surface area contributed by atoms with Crippen molar-refractivity contribution in [2.45, 2.75) is 33.8 Å². The average molecular weight is 166 g/mol. The second-order valence-corrected chi connectivity index (χ2v) is 3.57. The number of hydrogen-bond acceptors (Lipinski definition) is 1. The van der Waals surface area contributed by atoms with Gasteiger partial charge in [0.15, 0.2) is 0 Å². The Morgan fingerprint density at radius 1 is 1.33 bits per heavy atom. The lowest BCUT2D eigenvalue weighted by Crippen LogP contribution is -2.22. The molecule has 0 amide bonds. The third-order valence-corrected chi connectivity index (χ3v) is 1.71. The molecule has 0 saturated carbocycles. The molecule has 0 fully saturated rings. The molecular weight excluding hydrogens is 148 g/mol. The van der Waals surface area contributed by atoms with Crippen LogP contribution in [-0.4, -0.2) is 11.2 Å². The minimum atomic E-state index is -0.336. The zero-order valence-electron chi connectivity index (χ0n) is 8.39. The van der Waals surface area contributed by atoms with E-state index in [1.807, 2.05) is 27.7 Å². The van der Waals surface area contributed by atoms with Crippen molar-refractivity contribution < 1.29 is 5.11 Å². The van der Waals surface area contributed by atoms with Crippen LogP contribution >= 0.6 is 0 Å². The van der Waals surface area contributed by atoms with E-state index in [4.69, 9.17) is 0 Å². The molecule has 1 N–H and O–H groups in total. The van der Waals surface area contributed by atoms with Crippen molar-refractivity contribution in [1.82, 2.24) is 0 Å². The summed E-state index contributed by atoms with van der Waals surface area (Å²) in [6, 6.07) is 0. The minimum Gasteiger partial charge on any atom is -0.392 e. The largest absolute Gasteiger partial charge is 0.392 e. The molecule has 0 heterocycles. The van der Waals surface area contributed by atoms with Crippen LogP contribution < -0.4 is 0 Å². The van der Waals surface area contributed by atoms with Gasteiger partial charge in [-0.25, -0.2) is 0 Å². The van der Waals surface area contributed by atoms with Crippen LogP contribution in [0.5, 0.6) is 0 Å². The normalized spacial score (nSPS) is 14.8. The van der Waals surface area contributed by atoms with Gasteiger partial charge in [-0.2, -0.15) is 0 Å². The molecule has 2 unspecified atom stereocenters. The van der Waals surface area contributed by atoms with Gasteiger partial charge < -0.3 is 5.11 Å². The molecule has 0 bridgehead atoms. The SMILES string of the molecule is C=C(C)C#CC(C)C(O)C(C)C. The molecule has 0 saturated heterocycles. The molecule has 0 aliphatic rings. The third kappa shape index (κ3) is 4.20. The van der Waals surface area contributed by atoms with Crippen LogP contribution in [0.3, 0.4) is 0 Å². The Kier molecular flexibility index (Phi) is 4.70. The molecule has 2 atom stereocenters. The van der Waals surface area contributed by atoms with Crippen molar-refractivity contribution in [3.8, 4) is 11.8 Å². The van der Waals surface area contributed by atoms with E-state index in [1.54, 1.807) is 0 Å². The van der Waals surface area contributed by atoms with Gasteiger partial charge in [0, 0.05) is 5.92 Å². The summed E-state index contributed by atoms with van der Waals surface area (Å²) in [6.07, 6.45) is -0.336. The standard InChI is InChI=1S/C11H18O/c1-8(2)6-7-10(5)11(12)9(3)4/h9-12H,1H2,2-5H3. The van der Waals surface area contributed by atoms with Crippen molar-refractivity contribution in [2.75, 3.05) is 0 Å². The lowest BCUT2D eigenvalue weighted by Gasteiger charge is -2.17. The fourth-order valence-electron chi connectivity index (χ4n) is 0.900. The molecule has 0 aromatic rings. The van der Waals surface area contributed by atoms with Crippen molar-refractivity contribution in [3.63, 3.8) is 0 Å². The maximum atomic E-state index is 9.58. The van der Waals surface area contributed by atoms with Gasteiger partial charge in [-0.3, -0.25) is 0 Å². The summed E-state index contributed by atoms with van der Waals surface area (Å²) in [7, 11) is 0. The van der Waals surface area contributed by atoms with Crippen molar-refractivity contribution in [2.24, 2.45) is 11.8 Å². The number of hydrogen-bond donors (Lipinski definition) is 1. The summed E-state index contributed by atoms with van der Waals surface area (Å²) < 4.78 is 0. The fourth-order valence-corrected chi connectivity index (χ4v) is 0.900. The quantitative estimate of drug-likeness (QED) is 0.624. The van der Waals surface area contributed by atoms with Crippen LogP contribution in [0.4, 0.5) is 0 Å². The topological polar surface area (TPSA) is 20.2 Å². The van der Waals surface area contributed by atoms with Crippen LogP contribution in [0.1, 0.15) is 27.7 Å². The first-order valence-electron chi connectivity index (χ1n) is 4.30. The molecule has 1 heteroatoms. The Morgan fingerprint density at radius 2 is 1.83 bits per heavy atom. The average Bonchev–Trinajstić information content (AvgIpc) is 1.98. The Hall–Kier alpha value is -0.740. The highest BCUT2D eigenvalue weighted by atomic mass is 16.3. The van der Waals surface area contributed by atoms with Gasteiger partial charge in [0.1, 0.15) is 0 Å². The zero-order valence-corrected chi connectivity index (χ0v) is 8.39. The Bertz CT molecular complexity index is 205. The molecule has 0 aliphatic heterocycles. The predicted molar refractivity (Wildman–Crippen MR) is 52.6 cm³/mol. The molecule has 0 radical (unpaired) electrons. The molecule has 0 aromatic carbocycles. The molecule has 1 nitrogen and oxygen atoms in total. The van der Waals surface area contributed by atoms with E-state index in [0.29, 0.717) is 0 Å². The van der Waals surface area contributed by atoms with Crippen LogP contribution in [-0.2, 0) is 0 Å². The highest BCUT2D eigenvalue weighted by molar-refractivity contribution is 5.24. The lowest BCUT2D eigenvalue weighted by atomic mass is 9.95. The molecule has 0 rings (SSSR count). The molecule has 12 heavy (non-hydrogen) atoms. The third-order valence-electron chi connectivity index (χ3n) is 1.71. The molecule has 0 aliphatic carbocycles. The van der Waals surface area contributed by atoms with Gasteiger partial charge in [-0.15, -0.1) is 0 Å². The van der Waals surface area contributed by atoms with E-state index in [2.05, 4.69) is 18.4 Å². The molecular formula is C11H18O. The summed E-state index contributed by atoms with van der Waals surface area (Å²) >= 11 is 0. The number of aliphatic hydroxyl groups is 1. The summed E-state index contributed by atoms with van der Waals surface area (Å²) in [4.78, 5) is 0. The van der Waals surface area contributed by atoms with Crippen molar-refractivity contribution in [1.29, 1.82) is 0 Å². The highest BCUT2D eigenvalue weighted by Crippen LogP contribution is 2.11. The van der Waals surface area contributed by atoms with E-state index in [1.165, 1.54) is 0 Å². The van der Waals surface area contributed by atoms with Gasteiger partial charge in [-0.05, 0) is 25.3 Å². The summed E-state index contributed by atoms with van der Waals surface area (Å²) in [5, 5.41) is 9.58. The first-order valence-corrected chi connectivity index (χ1v) is 4.30. The molecule has 0 aromatic heterocycles. The van der Waals surface area contributed by atoms with E-state index in [9.17, 15) is 5.11 Å². The first-order chi connectivity index (χ1) is 5.45. The summed E-state index contributed by atoms with van der Waals surface area (Å²) in [5.74, 6) is 6.13. The monoisotopic (exact) mass is 166 g/mol. The van der Waals surface area contributed by atoms with E-state index in [-0.39, 0.29) is 17.9 Å². The van der Waals surface area contributed by atoms with Crippen LogP contribution in [0.2, 0.25) is 0 Å². The van der Waals surface area contributed by atoms with Gasteiger partial charge in [0.25, 0.3) is 0 Å². The maximum Gasteiger partial charge on any atom is 0.0697 e. The molecule has 68 valence electrons. The Labute approximate surface area is 75.5 Å². The van der Waals surface area contributed by atoms with E-state index in [0.717, 1.165) is 5.57 Å². The zero-order chi connectivity index (χ0) is 9.72.